The van der Waals surface area contributed by atoms with Gasteiger partial charge in [0.2, 0.25) is 0 Å². The van der Waals surface area contributed by atoms with Crippen molar-refractivity contribution in [3.8, 4) is 11.1 Å². The number of fused-ring (bicyclic) bond motifs is 3. The van der Waals surface area contributed by atoms with Gasteiger partial charge >= 0.3 is 0 Å². The first-order chi connectivity index (χ1) is 10.8. The third-order valence-electron chi connectivity index (χ3n) is 3.55. The highest BCUT2D eigenvalue weighted by atomic mass is 35.5. The predicted molar refractivity (Wildman–Crippen MR) is 78.8 cm³/mol. The number of nitro groups is 2. The Morgan fingerprint density at radius 3 is 2.22 bits per heavy atom. The van der Waals surface area contributed by atoms with Crippen LogP contribution in [0.4, 0.5) is 11.4 Å². The second-order valence-electron chi connectivity index (χ2n) is 4.73. The quantitative estimate of drug-likeness (QED) is 0.413. The fourth-order valence-electron chi connectivity index (χ4n) is 2.60. The minimum absolute atomic E-state index is 0.0450. The molecule has 8 nitrogen and oxygen atoms in total. The largest absolute Gasteiger partial charge is 0.289 e. The highest BCUT2D eigenvalue weighted by Gasteiger charge is 2.37. The van der Waals surface area contributed by atoms with Gasteiger partial charge in [-0.2, -0.15) is 0 Å². The summed E-state index contributed by atoms with van der Waals surface area (Å²) in [6, 6.07) is 5.61. The summed E-state index contributed by atoms with van der Waals surface area (Å²) in [5, 5.41) is 21.1. The molecule has 23 heavy (non-hydrogen) atoms. The smallest absolute Gasteiger partial charge is 0.278 e. The fraction of sp³-hybridized carbons (Fsp3) is 0. The van der Waals surface area contributed by atoms with Crippen molar-refractivity contribution >= 4 is 34.0 Å². The summed E-state index contributed by atoms with van der Waals surface area (Å²) in [6.45, 7) is 0. The van der Waals surface area contributed by atoms with Gasteiger partial charge in [-0.1, -0.05) is 0 Å². The Balaban J connectivity index is 2.39. The van der Waals surface area contributed by atoms with Crippen LogP contribution in [0.1, 0.15) is 26.3 Å². The maximum Gasteiger partial charge on any atom is 0.278 e. The molecule has 9 heteroatoms. The van der Waals surface area contributed by atoms with E-state index in [4.69, 9.17) is 11.6 Å². The van der Waals surface area contributed by atoms with Gasteiger partial charge in [0, 0.05) is 40.5 Å². The first-order valence-corrected chi connectivity index (χ1v) is 6.55. The summed E-state index contributed by atoms with van der Waals surface area (Å²) < 4.78 is 0. The van der Waals surface area contributed by atoms with E-state index >= 15 is 0 Å². The second kappa shape index (κ2) is 4.96. The van der Waals surface area contributed by atoms with E-state index in [0.717, 1.165) is 24.3 Å². The number of halogens is 1. The molecule has 3 rings (SSSR count). The van der Waals surface area contributed by atoms with Crippen molar-refractivity contribution in [1.29, 1.82) is 0 Å². The summed E-state index contributed by atoms with van der Waals surface area (Å²) in [7, 11) is 0. The van der Waals surface area contributed by atoms with Crippen LogP contribution >= 0.6 is 11.6 Å². The number of carbonyl (C=O) groups is 2. The number of ketones is 1. The van der Waals surface area contributed by atoms with Crippen molar-refractivity contribution in [3.63, 3.8) is 0 Å². The minimum atomic E-state index is -0.938. The number of hydrogen-bond donors (Lipinski definition) is 0. The van der Waals surface area contributed by atoms with Crippen LogP contribution in [0.25, 0.3) is 11.1 Å². The molecule has 0 heterocycles. The number of benzene rings is 2. The zero-order valence-electron chi connectivity index (χ0n) is 11.1. The molecule has 0 saturated heterocycles. The van der Waals surface area contributed by atoms with Crippen LogP contribution in [0.15, 0.2) is 30.3 Å². The summed E-state index contributed by atoms with van der Waals surface area (Å²) in [5.41, 5.74) is -1.01. The molecule has 2 aromatic rings. The standard InChI is InChI=1S/C14H5ClN2O6/c15-14(19)8-3-4-10(17(22)23)11-7-2-1-6(16(20)21)5-9(7)13(18)12(8)11/h1-5H. The van der Waals surface area contributed by atoms with Crippen LogP contribution in [-0.4, -0.2) is 20.9 Å². The number of rotatable bonds is 3. The molecule has 1 aliphatic rings. The molecule has 0 fully saturated rings. The third-order valence-corrected chi connectivity index (χ3v) is 3.75. The molecule has 114 valence electrons. The Bertz CT molecular complexity index is 937. The first-order valence-electron chi connectivity index (χ1n) is 6.17. The molecule has 0 N–H and O–H groups in total. The minimum Gasteiger partial charge on any atom is -0.289 e. The number of hydrogen-bond acceptors (Lipinski definition) is 6. The number of nitrogens with zero attached hydrogens (tertiary/aromatic N) is 2. The number of non-ortho nitro benzene ring substituents is 1. The molecular weight excluding hydrogens is 328 g/mol. The van der Waals surface area contributed by atoms with Crippen molar-refractivity contribution in [1.82, 2.24) is 0 Å². The van der Waals surface area contributed by atoms with E-state index in [1.807, 2.05) is 0 Å². The van der Waals surface area contributed by atoms with Crippen LogP contribution in [-0.2, 0) is 0 Å². The molecule has 2 aromatic carbocycles. The zero-order valence-corrected chi connectivity index (χ0v) is 11.9. The zero-order chi connectivity index (χ0) is 16.9. The topological polar surface area (TPSA) is 120 Å². The maximum atomic E-state index is 12.5. The molecule has 1 aliphatic carbocycles. The SMILES string of the molecule is O=C(Cl)c1ccc([N+](=O)[O-])c2c1C(=O)c1cc([N+](=O)[O-])ccc1-2. The molecular formula is C14H5ClN2O6. The highest BCUT2D eigenvalue weighted by molar-refractivity contribution is 6.68. The van der Waals surface area contributed by atoms with Crippen LogP contribution in [0.3, 0.4) is 0 Å². The Morgan fingerprint density at radius 1 is 0.957 bits per heavy atom. The Labute approximate surface area is 132 Å². The van der Waals surface area contributed by atoms with Gasteiger partial charge in [-0.3, -0.25) is 29.8 Å². The molecule has 0 unspecified atom stereocenters. The van der Waals surface area contributed by atoms with Gasteiger partial charge in [-0.05, 0) is 23.7 Å². The number of nitro benzene ring substituents is 2. The maximum absolute atomic E-state index is 12.5. The molecule has 0 bridgehead atoms. The van der Waals surface area contributed by atoms with Gasteiger partial charge < -0.3 is 0 Å². The lowest BCUT2D eigenvalue weighted by atomic mass is 9.99. The highest BCUT2D eigenvalue weighted by Crippen LogP contribution is 2.45. The lowest BCUT2D eigenvalue weighted by Crippen LogP contribution is -2.05. The van der Waals surface area contributed by atoms with Gasteiger partial charge in [-0.25, -0.2) is 0 Å². The van der Waals surface area contributed by atoms with E-state index in [1.165, 1.54) is 6.07 Å². The third kappa shape index (κ3) is 2.08. The van der Waals surface area contributed by atoms with Crippen molar-refractivity contribution in [2.24, 2.45) is 0 Å². The van der Waals surface area contributed by atoms with Gasteiger partial charge in [0.15, 0.2) is 5.78 Å². The molecule has 0 saturated carbocycles. The number of carbonyl (C=O) groups excluding carboxylic acids is 2. The normalized spacial score (nSPS) is 11.8. The second-order valence-corrected chi connectivity index (χ2v) is 5.07. The van der Waals surface area contributed by atoms with Crippen molar-refractivity contribution < 1.29 is 19.4 Å². The predicted octanol–water partition coefficient (Wildman–Crippen LogP) is 3.09. The monoisotopic (exact) mass is 332 g/mol. The van der Waals surface area contributed by atoms with Crippen LogP contribution in [0, 0.1) is 20.2 Å². The molecule has 0 atom stereocenters. The van der Waals surface area contributed by atoms with E-state index in [1.54, 1.807) is 0 Å². The molecule has 0 spiro atoms. The molecule has 0 aliphatic heterocycles. The van der Waals surface area contributed by atoms with Crippen LogP contribution in [0.5, 0.6) is 0 Å². The van der Waals surface area contributed by atoms with E-state index < -0.39 is 20.9 Å². The van der Waals surface area contributed by atoms with E-state index in [0.29, 0.717) is 0 Å². The van der Waals surface area contributed by atoms with Crippen molar-refractivity contribution in [2.75, 3.05) is 0 Å². The molecule has 0 aromatic heterocycles. The molecule has 0 radical (unpaired) electrons. The van der Waals surface area contributed by atoms with Gasteiger partial charge in [0.05, 0.1) is 15.4 Å². The van der Waals surface area contributed by atoms with E-state index in [2.05, 4.69) is 0 Å². The van der Waals surface area contributed by atoms with Gasteiger partial charge in [-0.15, -0.1) is 0 Å². The van der Waals surface area contributed by atoms with Crippen molar-refractivity contribution in [3.05, 3.63) is 67.3 Å². The van der Waals surface area contributed by atoms with E-state index in [-0.39, 0.29) is 39.2 Å². The Kier molecular flexibility index (Phi) is 3.19. The average Bonchev–Trinajstić information content (AvgIpc) is 2.79. The average molecular weight is 333 g/mol. The Hall–Kier alpha value is -3.13. The van der Waals surface area contributed by atoms with E-state index in [9.17, 15) is 29.8 Å². The van der Waals surface area contributed by atoms with Crippen molar-refractivity contribution in [2.45, 2.75) is 0 Å². The lowest BCUT2D eigenvalue weighted by molar-refractivity contribution is -0.385. The van der Waals surface area contributed by atoms with Crippen LogP contribution in [0.2, 0.25) is 0 Å². The summed E-state index contributed by atoms with van der Waals surface area (Å²) >= 11 is 5.44. The molecule has 0 amide bonds. The summed E-state index contributed by atoms with van der Waals surface area (Å²) in [5.74, 6) is -0.702. The summed E-state index contributed by atoms with van der Waals surface area (Å²) in [6.07, 6.45) is 0. The fourth-order valence-corrected chi connectivity index (χ4v) is 2.76. The first kappa shape index (κ1) is 14.8. The van der Waals surface area contributed by atoms with Gasteiger partial charge in [0.25, 0.3) is 16.6 Å². The Morgan fingerprint density at radius 2 is 1.65 bits per heavy atom. The van der Waals surface area contributed by atoms with Gasteiger partial charge in [0.1, 0.15) is 0 Å². The summed E-state index contributed by atoms with van der Waals surface area (Å²) in [4.78, 5) is 44.7. The van der Waals surface area contributed by atoms with Crippen LogP contribution < -0.4 is 0 Å². The lowest BCUT2D eigenvalue weighted by Gasteiger charge is -2.04.